The molecule has 2 N–H and O–H groups in total. The number of carbonyl (C=O) groups is 4. The van der Waals surface area contributed by atoms with Crippen molar-refractivity contribution in [2.75, 3.05) is 11.9 Å². The summed E-state index contributed by atoms with van der Waals surface area (Å²) in [6.45, 7) is 2.05. The second-order valence-corrected chi connectivity index (χ2v) is 8.15. The van der Waals surface area contributed by atoms with E-state index >= 15 is 0 Å². The van der Waals surface area contributed by atoms with Gasteiger partial charge in [0.15, 0.2) is 0 Å². The maximum absolute atomic E-state index is 12.5. The number of carbonyl (C=O) groups excluding carboxylic acids is 4. The molecule has 1 aliphatic heterocycles. The van der Waals surface area contributed by atoms with E-state index in [1.54, 1.807) is 54.6 Å². The first-order chi connectivity index (χ1) is 16.4. The van der Waals surface area contributed by atoms with Crippen LogP contribution in [-0.2, 0) is 4.79 Å². The minimum absolute atomic E-state index is 0.178. The molecule has 1 unspecified atom stereocenters. The van der Waals surface area contributed by atoms with E-state index in [1.807, 2.05) is 31.2 Å². The summed E-state index contributed by atoms with van der Waals surface area (Å²) in [5, 5.41) is 5.80. The van der Waals surface area contributed by atoms with Crippen molar-refractivity contribution in [2.45, 2.75) is 25.8 Å². The van der Waals surface area contributed by atoms with E-state index < -0.39 is 0 Å². The van der Waals surface area contributed by atoms with E-state index in [4.69, 9.17) is 0 Å². The van der Waals surface area contributed by atoms with E-state index in [-0.39, 0.29) is 42.6 Å². The molecule has 1 atom stereocenters. The summed E-state index contributed by atoms with van der Waals surface area (Å²) < 4.78 is 0. The molecule has 0 saturated carbocycles. The number of amides is 4. The van der Waals surface area contributed by atoms with Crippen molar-refractivity contribution in [3.8, 4) is 0 Å². The van der Waals surface area contributed by atoms with Gasteiger partial charge in [-0.1, -0.05) is 42.5 Å². The molecule has 34 heavy (non-hydrogen) atoms. The van der Waals surface area contributed by atoms with Crippen LogP contribution in [0.1, 0.15) is 62.4 Å². The lowest BCUT2D eigenvalue weighted by atomic mass is 10.1. The lowest BCUT2D eigenvalue weighted by molar-refractivity contribution is -0.121. The van der Waals surface area contributed by atoms with E-state index in [0.29, 0.717) is 28.8 Å². The molecular formula is C27H25N3O4. The van der Waals surface area contributed by atoms with Crippen molar-refractivity contribution in [3.05, 3.63) is 101 Å². The van der Waals surface area contributed by atoms with Gasteiger partial charge in [0.05, 0.1) is 17.2 Å². The first-order valence-corrected chi connectivity index (χ1v) is 11.1. The monoisotopic (exact) mass is 455 g/mol. The number of benzene rings is 3. The molecule has 0 saturated heterocycles. The van der Waals surface area contributed by atoms with Gasteiger partial charge in [-0.2, -0.15) is 0 Å². The summed E-state index contributed by atoms with van der Waals surface area (Å²) in [5.41, 5.74) is 2.86. The number of hydrogen-bond acceptors (Lipinski definition) is 4. The lowest BCUT2D eigenvalue weighted by Gasteiger charge is -2.17. The predicted molar refractivity (Wildman–Crippen MR) is 128 cm³/mol. The number of nitrogens with zero attached hydrogens (tertiary/aromatic N) is 1. The van der Waals surface area contributed by atoms with Crippen molar-refractivity contribution in [3.63, 3.8) is 0 Å². The highest BCUT2D eigenvalue weighted by Gasteiger charge is 2.34. The number of nitrogens with one attached hydrogen (secondary N) is 2. The van der Waals surface area contributed by atoms with Gasteiger partial charge in [0.1, 0.15) is 0 Å². The fourth-order valence-corrected chi connectivity index (χ4v) is 3.92. The number of rotatable bonds is 8. The quantitative estimate of drug-likeness (QED) is 0.498. The Labute approximate surface area is 197 Å². The molecule has 0 bridgehead atoms. The van der Waals surface area contributed by atoms with Gasteiger partial charge in [-0.05, 0) is 55.3 Å². The summed E-state index contributed by atoms with van der Waals surface area (Å²) in [5.74, 6) is -1.02. The largest absolute Gasteiger partial charge is 0.350 e. The third-order valence-corrected chi connectivity index (χ3v) is 5.72. The molecule has 4 rings (SSSR count). The number of imide groups is 1. The van der Waals surface area contributed by atoms with E-state index in [9.17, 15) is 19.2 Å². The van der Waals surface area contributed by atoms with Crippen LogP contribution in [0.2, 0.25) is 0 Å². The number of anilines is 1. The molecule has 0 fully saturated rings. The smallest absolute Gasteiger partial charge is 0.261 e. The molecule has 4 amide bonds. The SMILES string of the molecule is CC(NC(=O)CCCN1C(=O)c2ccccc2C1=O)c1cccc(NC(=O)c2ccccc2)c1. The van der Waals surface area contributed by atoms with Crippen LogP contribution in [0.3, 0.4) is 0 Å². The molecule has 3 aromatic rings. The Kier molecular flexibility index (Phi) is 6.82. The first-order valence-electron chi connectivity index (χ1n) is 11.1. The fraction of sp³-hybridized carbons (Fsp3) is 0.185. The Hall–Kier alpha value is -4.26. The molecule has 0 aliphatic carbocycles. The Morgan fingerprint density at radius 3 is 2.18 bits per heavy atom. The van der Waals surface area contributed by atoms with E-state index in [1.165, 1.54) is 4.90 Å². The van der Waals surface area contributed by atoms with Crippen LogP contribution in [0.5, 0.6) is 0 Å². The molecule has 0 radical (unpaired) electrons. The average Bonchev–Trinajstić information content (AvgIpc) is 3.09. The molecule has 0 aromatic heterocycles. The van der Waals surface area contributed by atoms with Gasteiger partial charge in [-0.3, -0.25) is 24.1 Å². The first kappa shape index (κ1) is 22.9. The topological polar surface area (TPSA) is 95.6 Å². The van der Waals surface area contributed by atoms with Gasteiger partial charge >= 0.3 is 0 Å². The Morgan fingerprint density at radius 2 is 1.50 bits per heavy atom. The molecule has 1 heterocycles. The molecule has 3 aromatic carbocycles. The van der Waals surface area contributed by atoms with Gasteiger partial charge in [-0.25, -0.2) is 0 Å². The van der Waals surface area contributed by atoms with Crippen LogP contribution >= 0.6 is 0 Å². The van der Waals surface area contributed by atoms with Crippen molar-refractivity contribution in [1.82, 2.24) is 10.2 Å². The molecule has 0 spiro atoms. The van der Waals surface area contributed by atoms with Gasteiger partial charge in [0, 0.05) is 24.2 Å². The van der Waals surface area contributed by atoms with E-state index in [0.717, 1.165) is 5.56 Å². The van der Waals surface area contributed by atoms with Gasteiger partial charge in [0.2, 0.25) is 5.91 Å². The zero-order valence-corrected chi connectivity index (χ0v) is 18.8. The van der Waals surface area contributed by atoms with Crippen LogP contribution in [0.15, 0.2) is 78.9 Å². The number of hydrogen-bond donors (Lipinski definition) is 2. The van der Waals surface area contributed by atoms with Gasteiger partial charge in [-0.15, -0.1) is 0 Å². The highest BCUT2D eigenvalue weighted by atomic mass is 16.2. The molecule has 172 valence electrons. The summed E-state index contributed by atoms with van der Waals surface area (Å²) in [6, 6.07) is 22.7. The van der Waals surface area contributed by atoms with Gasteiger partial charge < -0.3 is 10.6 Å². The van der Waals surface area contributed by atoms with Crippen molar-refractivity contribution in [1.29, 1.82) is 0 Å². The second kappa shape index (κ2) is 10.1. The normalized spacial score (nSPS) is 13.4. The Balaban J connectivity index is 1.28. The lowest BCUT2D eigenvalue weighted by Crippen LogP contribution is -2.32. The maximum atomic E-state index is 12.5. The van der Waals surface area contributed by atoms with Crippen LogP contribution in [0, 0.1) is 0 Å². The molecule has 7 heteroatoms. The Morgan fingerprint density at radius 1 is 0.853 bits per heavy atom. The fourth-order valence-electron chi connectivity index (χ4n) is 3.92. The van der Waals surface area contributed by atoms with Crippen molar-refractivity contribution in [2.24, 2.45) is 0 Å². The van der Waals surface area contributed by atoms with Crippen LogP contribution in [0.4, 0.5) is 5.69 Å². The minimum Gasteiger partial charge on any atom is -0.350 e. The molecule has 7 nitrogen and oxygen atoms in total. The summed E-state index contributed by atoms with van der Waals surface area (Å²) in [7, 11) is 0. The standard InChI is InChI=1S/C27H25N3O4/c1-18(20-11-7-12-21(17-20)29-25(32)19-9-3-2-4-10-19)28-24(31)15-8-16-30-26(33)22-13-5-6-14-23(22)27(30)34/h2-7,9-14,17-18H,8,15-16H2,1H3,(H,28,31)(H,29,32). The van der Waals surface area contributed by atoms with Crippen LogP contribution in [-0.4, -0.2) is 35.1 Å². The number of fused-ring (bicyclic) bond motifs is 1. The third kappa shape index (κ3) is 5.04. The van der Waals surface area contributed by atoms with Crippen molar-refractivity contribution >= 4 is 29.3 Å². The molecular weight excluding hydrogens is 430 g/mol. The third-order valence-electron chi connectivity index (χ3n) is 5.72. The highest BCUT2D eigenvalue weighted by Crippen LogP contribution is 2.23. The minimum atomic E-state index is -0.316. The zero-order valence-electron chi connectivity index (χ0n) is 18.8. The zero-order chi connectivity index (χ0) is 24.1. The predicted octanol–water partition coefficient (Wildman–Crippen LogP) is 4.19. The average molecular weight is 456 g/mol. The summed E-state index contributed by atoms with van der Waals surface area (Å²) in [6.07, 6.45) is 0.555. The summed E-state index contributed by atoms with van der Waals surface area (Å²) >= 11 is 0. The van der Waals surface area contributed by atoms with Crippen molar-refractivity contribution < 1.29 is 19.2 Å². The Bertz CT molecular complexity index is 1200. The van der Waals surface area contributed by atoms with Crippen LogP contribution < -0.4 is 10.6 Å². The van der Waals surface area contributed by atoms with Gasteiger partial charge in [0.25, 0.3) is 17.7 Å². The summed E-state index contributed by atoms with van der Waals surface area (Å²) in [4.78, 5) is 50.9. The molecule has 1 aliphatic rings. The second-order valence-electron chi connectivity index (χ2n) is 8.15. The maximum Gasteiger partial charge on any atom is 0.261 e. The van der Waals surface area contributed by atoms with E-state index in [2.05, 4.69) is 10.6 Å². The highest BCUT2D eigenvalue weighted by molar-refractivity contribution is 6.21. The van der Waals surface area contributed by atoms with Crippen LogP contribution in [0.25, 0.3) is 0 Å².